The number of aromatic hydroxyl groups is 1. The molecule has 0 saturated heterocycles. The molecule has 5 atom stereocenters. The minimum absolute atomic E-state index is 0. The highest BCUT2D eigenvalue weighted by Crippen LogP contribution is 2.60. The zero-order chi connectivity index (χ0) is 23.5. The van der Waals surface area contributed by atoms with E-state index < -0.39 is 0 Å². The van der Waals surface area contributed by atoms with Gasteiger partial charge in [0, 0.05) is 14.1 Å². The number of hydrogen-bond acceptors (Lipinski definition) is 5. The Kier molecular flexibility index (Phi) is 6.20. The summed E-state index contributed by atoms with van der Waals surface area (Å²) < 4.78 is 2.37. The summed E-state index contributed by atoms with van der Waals surface area (Å²) >= 11 is 0. The van der Waals surface area contributed by atoms with Gasteiger partial charge in [0.15, 0.2) is 5.65 Å². The molecule has 0 unspecified atom stereocenters. The maximum Gasteiger partial charge on any atom is 0.332 e. The van der Waals surface area contributed by atoms with Crippen molar-refractivity contribution >= 4 is 11.2 Å². The van der Waals surface area contributed by atoms with Crippen LogP contribution in [0.2, 0.25) is 0 Å². The van der Waals surface area contributed by atoms with Gasteiger partial charge in [-0.05, 0) is 85.0 Å². The van der Waals surface area contributed by atoms with E-state index in [1.807, 2.05) is 12.1 Å². The monoisotopic (exact) mass is 470 g/mol. The van der Waals surface area contributed by atoms with Gasteiger partial charge in [0.1, 0.15) is 11.3 Å². The van der Waals surface area contributed by atoms with E-state index in [1.54, 1.807) is 7.05 Å². The standard InChI is InChI=1S/C18H24O2.C7H8N4O2.H2O/c1-18-9-8-14-13-5-3-12(19)10-11(13)2-4-15(14)16(18)6-7-17(18)20;1-10-5-4(8-3-9-5)6(12)11(2)7(10)13;/h3,5,10,14-17,19-20H,2,4,6-9H2,1H3;3H,1-2H3,(H,8,9);1H2/t14-,15-,16+,17+,18+;;/m1../s1. The highest BCUT2D eigenvalue weighted by Gasteiger charge is 2.54. The number of benzene rings is 1. The quantitative estimate of drug-likeness (QED) is 0.458. The number of aromatic amines is 1. The van der Waals surface area contributed by atoms with Crippen LogP contribution in [-0.4, -0.2) is 40.9 Å². The largest absolute Gasteiger partial charge is 0.508 e. The van der Waals surface area contributed by atoms with Crippen LogP contribution in [0.15, 0.2) is 34.1 Å². The van der Waals surface area contributed by atoms with E-state index in [0.29, 0.717) is 28.7 Å². The minimum atomic E-state index is -0.371. The second-order valence-corrected chi connectivity index (χ2v) is 10.2. The molecule has 1 aromatic carbocycles. The van der Waals surface area contributed by atoms with Crippen molar-refractivity contribution in [3.8, 4) is 5.75 Å². The lowest BCUT2D eigenvalue weighted by Crippen LogP contribution is -2.43. The Labute approximate surface area is 197 Å². The summed E-state index contributed by atoms with van der Waals surface area (Å²) in [6.07, 6.45) is 8.17. The zero-order valence-corrected chi connectivity index (χ0v) is 19.9. The third kappa shape index (κ3) is 3.58. The molecular formula is C25H34N4O5. The number of aliphatic hydroxyl groups is 1. The molecule has 184 valence electrons. The molecule has 2 aromatic heterocycles. The number of hydrogen-bond donors (Lipinski definition) is 3. The molecule has 0 bridgehead atoms. The molecule has 0 spiro atoms. The lowest BCUT2D eigenvalue weighted by atomic mass is 9.55. The Bertz CT molecular complexity index is 1330. The summed E-state index contributed by atoms with van der Waals surface area (Å²) in [7, 11) is 3.01. The first-order valence-corrected chi connectivity index (χ1v) is 11.8. The molecule has 3 aliphatic rings. The Morgan fingerprint density at radius 3 is 2.65 bits per heavy atom. The van der Waals surface area contributed by atoms with Gasteiger partial charge in [-0.15, -0.1) is 0 Å². The molecule has 0 aliphatic heterocycles. The van der Waals surface area contributed by atoms with Crippen LogP contribution in [0, 0.1) is 17.3 Å². The third-order valence-corrected chi connectivity index (χ3v) is 8.69. The van der Waals surface area contributed by atoms with Crippen LogP contribution < -0.4 is 11.2 Å². The van der Waals surface area contributed by atoms with Crippen molar-refractivity contribution in [2.45, 2.75) is 57.5 Å². The summed E-state index contributed by atoms with van der Waals surface area (Å²) in [5.41, 5.74) is 3.00. The van der Waals surface area contributed by atoms with Crippen molar-refractivity contribution in [3.63, 3.8) is 0 Å². The van der Waals surface area contributed by atoms with Crippen LogP contribution in [0.5, 0.6) is 5.75 Å². The van der Waals surface area contributed by atoms with Crippen LogP contribution in [0.3, 0.4) is 0 Å². The lowest BCUT2D eigenvalue weighted by molar-refractivity contribution is -0.0226. The molecule has 2 saturated carbocycles. The van der Waals surface area contributed by atoms with Gasteiger partial charge in [-0.25, -0.2) is 9.78 Å². The van der Waals surface area contributed by atoms with Crippen molar-refractivity contribution in [2.24, 2.45) is 31.3 Å². The van der Waals surface area contributed by atoms with Crippen LogP contribution in [-0.2, 0) is 20.5 Å². The van der Waals surface area contributed by atoms with Crippen LogP contribution in [0.4, 0.5) is 0 Å². The molecule has 3 aliphatic carbocycles. The number of rotatable bonds is 0. The van der Waals surface area contributed by atoms with E-state index in [1.165, 1.54) is 48.3 Å². The van der Waals surface area contributed by atoms with Crippen molar-refractivity contribution in [1.29, 1.82) is 0 Å². The molecule has 2 heterocycles. The first kappa shape index (κ1) is 24.2. The predicted molar refractivity (Wildman–Crippen MR) is 129 cm³/mol. The predicted octanol–water partition coefficient (Wildman–Crippen LogP) is 1.74. The molecule has 0 radical (unpaired) electrons. The molecule has 6 rings (SSSR count). The maximum atomic E-state index is 11.4. The van der Waals surface area contributed by atoms with E-state index in [2.05, 4.69) is 23.0 Å². The number of fused-ring (bicyclic) bond motifs is 6. The average Bonchev–Trinajstić information content (AvgIpc) is 3.41. The van der Waals surface area contributed by atoms with Crippen molar-refractivity contribution in [2.75, 3.05) is 0 Å². The summed E-state index contributed by atoms with van der Waals surface area (Å²) in [6.45, 7) is 2.32. The van der Waals surface area contributed by atoms with E-state index >= 15 is 0 Å². The first-order chi connectivity index (χ1) is 15.7. The Morgan fingerprint density at radius 2 is 1.88 bits per heavy atom. The van der Waals surface area contributed by atoms with Gasteiger partial charge in [0.2, 0.25) is 0 Å². The number of nitrogens with zero attached hydrogens (tertiary/aromatic N) is 3. The molecular weight excluding hydrogens is 436 g/mol. The fourth-order valence-electron chi connectivity index (χ4n) is 6.81. The Hall–Kier alpha value is -2.91. The van der Waals surface area contributed by atoms with Gasteiger partial charge < -0.3 is 20.7 Å². The summed E-state index contributed by atoms with van der Waals surface area (Å²) in [6, 6.07) is 5.96. The molecule has 34 heavy (non-hydrogen) atoms. The number of phenolic OH excluding ortho intramolecular Hbond substituents is 1. The topological polar surface area (TPSA) is 145 Å². The summed E-state index contributed by atoms with van der Waals surface area (Å²) in [4.78, 5) is 29.4. The van der Waals surface area contributed by atoms with Gasteiger partial charge in [-0.2, -0.15) is 0 Å². The minimum Gasteiger partial charge on any atom is -0.508 e. The number of H-pyrrole nitrogens is 1. The maximum absolute atomic E-state index is 11.4. The van der Waals surface area contributed by atoms with E-state index in [0.717, 1.165) is 29.7 Å². The smallest absolute Gasteiger partial charge is 0.332 e. The lowest BCUT2D eigenvalue weighted by Gasteiger charge is -2.50. The van der Waals surface area contributed by atoms with Gasteiger partial charge in [0.25, 0.3) is 5.56 Å². The zero-order valence-electron chi connectivity index (χ0n) is 19.9. The Balaban J connectivity index is 0.000000171. The number of phenols is 1. The van der Waals surface area contributed by atoms with E-state index in [4.69, 9.17) is 0 Å². The fraction of sp³-hybridized carbons (Fsp3) is 0.560. The first-order valence-electron chi connectivity index (χ1n) is 11.8. The number of aliphatic hydroxyl groups excluding tert-OH is 1. The SMILES string of the molecule is C[C@]12CC[C@@H]3c4ccc(O)cc4CC[C@H]3[C@@H]1CC[C@@H]2O.Cn1c(=O)c2[nH]cnc2n(C)c1=O.O. The molecule has 3 aromatic rings. The van der Waals surface area contributed by atoms with Crippen LogP contribution in [0.1, 0.15) is 56.1 Å². The highest BCUT2D eigenvalue weighted by atomic mass is 16.3. The second-order valence-electron chi connectivity index (χ2n) is 10.2. The molecule has 9 nitrogen and oxygen atoms in total. The number of nitrogens with one attached hydrogen (secondary N) is 1. The van der Waals surface area contributed by atoms with Gasteiger partial charge in [-0.1, -0.05) is 13.0 Å². The van der Waals surface area contributed by atoms with E-state index in [-0.39, 0.29) is 28.2 Å². The normalized spacial score (nSPS) is 29.3. The van der Waals surface area contributed by atoms with Gasteiger partial charge >= 0.3 is 5.69 Å². The third-order valence-electron chi connectivity index (χ3n) is 8.69. The highest BCUT2D eigenvalue weighted by molar-refractivity contribution is 5.68. The van der Waals surface area contributed by atoms with Crippen LogP contribution in [0.25, 0.3) is 11.2 Å². The molecule has 5 N–H and O–H groups in total. The Morgan fingerprint density at radius 1 is 1.12 bits per heavy atom. The summed E-state index contributed by atoms with van der Waals surface area (Å²) in [5, 5.41) is 20.0. The van der Waals surface area contributed by atoms with Gasteiger partial charge in [0.05, 0.1) is 12.4 Å². The number of imidazole rings is 1. The second kappa shape index (κ2) is 8.70. The molecule has 9 heteroatoms. The van der Waals surface area contributed by atoms with Crippen molar-refractivity contribution in [1.82, 2.24) is 19.1 Å². The van der Waals surface area contributed by atoms with Crippen molar-refractivity contribution in [3.05, 3.63) is 56.5 Å². The fourth-order valence-corrected chi connectivity index (χ4v) is 6.81. The van der Waals surface area contributed by atoms with Gasteiger partial charge in [-0.3, -0.25) is 13.9 Å². The van der Waals surface area contributed by atoms with Crippen molar-refractivity contribution < 1.29 is 15.7 Å². The summed E-state index contributed by atoms with van der Waals surface area (Å²) in [5.74, 6) is 2.49. The average molecular weight is 471 g/mol. The number of aromatic nitrogens is 4. The van der Waals surface area contributed by atoms with E-state index in [9.17, 15) is 19.8 Å². The number of aryl methyl sites for hydroxylation is 2. The molecule has 2 fully saturated rings. The van der Waals surface area contributed by atoms with Crippen LogP contribution >= 0.6 is 0 Å². The molecule has 0 amide bonds.